The van der Waals surface area contributed by atoms with Crippen molar-refractivity contribution in [3.63, 3.8) is 0 Å². The van der Waals surface area contributed by atoms with E-state index in [0.29, 0.717) is 23.8 Å². The van der Waals surface area contributed by atoms with Crippen LogP contribution in [-0.2, 0) is 0 Å². The van der Waals surface area contributed by atoms with Crippen LogP contribution in [0.15, 0.2) is 24.4 Å². The van der Waals surface area contributed by atoms with Gasteiger partial charge in [0.2, 0.25) is 0 Å². The molecule has 0 radical (unpaired) electrons. The highest BCUT2D eigenvalue weighted by molar-refractivity contribution is 5.80. The number of nitrogens with one attached hydrogen (secondary N) is 1. The Morgan fingerprint density at radius 3 is 2.79 bits per heavy atom. The van der Waals surface area contributed by atoms with Crippen molar-refractivity contribution < 1.29 is 14.6 Å². The molecule has 104 valence electrons. The highest BCUT2D eigenvalue weighted by Crippen LogP contribution is 2.29. The largest absolute Gasteiger partial charge is 0.396 e. The van der Waals surface area contributed by atoms with Gasteiger partial charge in [-0.15, -0.1) is 0 Å². The second kappa shape index (κ2) is 5.31. The van der Waals surface area contributed by atoms with Gasteiger partial charge in [-0.3, -0.25) is 0 Å². The van der Waals surface area contributed by atoms with E-state index in [9.17, 15) is 14.6 Å². The van der Waals surface area contributed by atoms with Crippen LogP contribution in [0.4, 0.5) is 4.39 Å². The SMILES string of the molecule is CC(C)(CO)CC[C@H](O)c1ccc2[nH]cc(F)c2c1. The fourth-order valence-electron chi connectivity index (χ4n) is 2.08. The lowest BCUT2D eigenvalue weighted by atomic mass is 9.86. The van der Waals surface area contributed by atoms with E-state index in [1.54, 1.807) is 18.2 Å². The Hall–Kier alpha value is -1.39. The predicted molar refractivity (Wildman–Crippen MR) is 73.3 cm³/mol. The lowest BCUT2D eigenvalue weighted by Crippen LogP contribution is -2.17. The number of rotatable bonds is 5. The molecule has 4 heteroatoms. The molecule has 1 aromatic carbocycles. The van der Waals surface area contributed by atoms with E-state index >= 15 is 0 Å². The molecule has 0 aliphatic carbocycles. The first kappa shape index (κ1) is 14.0. The molecular formula is C15H20FNO2. The number of aliphatic hydroxyl groups excluding tert-OH is 2. The summed E-state index contributed by atoms with van der Waals surface area (Å²) in [6.45, 7) is 3.99. The highest BCUT2D eigenvalue weighted by atomic mass is 19.1. The van der Waals surface area contributed by atoms with Gasteiger partial charge < -0.3 is 15.2 Å². The molecule has 0 aliphatic rings. The first-order valence-electron chi connectivity index (χ1n) is 6.48. The van der Waals surface area contributed by atoms with E-state index in [0.717, 1.165) is 5.52 Å². The first-order chi connectivity index (χ1) is 8.93. The van der Waals surface area contributed by atoms with E-state index < -0.39 is 6.10 Å². The van der Waals surface area contributed by atoms with Crippen molar-refractivity contribution in [3.05, 3.63) is 35.8 Å². The third-order valence-electron chi connectivity index (χ3n) is 3.56. The average Bonchev–Trinajstić information content (AvgIpc) is 2.77. The van der Waals surface area contributed by atoms with Gasteiger partial charge in [0.25, 0.3) is 0 Å². The van der Waals surface area contributed by atoms with E-state index in [1.807, 2.05) is 13.8 Å². The summed E-state index contributed by atoms with van der Waals surface area (Å²) in [5.41, 5.74) is 1.23. The number of halogens is 1. The van der Waals surface area contributed by atoms with Crippen LogP contribution >= 0.6 is 0 Å². The molecular weight excluding hydrogens is 245 g/mol. The monoisotopic (exact) mass is 265 g/mol. The van der Waals surface area contributed by atoms with E-state index in [2.05, 4.69) is 4.98 Å². The number of H-pyrrole nitrogens is 1. The molecule has 0 unspecified atom stereocenters. The topological polar surface area (TPSA) is 56.2 Å². The van der Waals surface area contributed by atoms with Crippen LogP contribution < -0.4 is 0 Å². The molecule has 1 heterocycles. The third kappa shape index (κ3) is 3.14. The highest BCUT2D eigenvalue weighted by Gasteiger charge is 2.19. The molecule has 0 bridgehead atoms. The summed E-state index contributed by atoms with van der Waals surface area (Å²) in [4.78, 5) is 2.83. The van der Waals surface area contributed by atoms with Crippen LogP contribution in [0, 0.1) is 11.2 Å². The van der Waals surface area contributed by atoms with Gasteiger partial charge in [0.05, 0.1) is 6.10 Å². The molecule has 1 atom stereocenters. The number of aromatic nitrogens is 1. The van der Waals surface area contributed by atoms with Gasteiger partial charge in [-0.1, -0.05) is 19.9 Å². The fraction of sp³-hybridized carbons (Fsp3) is 0.467. The molecule has 0 aliphatic heterocycles. The van der Waals surface area contributed by atoms with Gasteiger partial charge in [-0.25, -0.2) is 4.39 Å². The molecule has 2 aromatic rings. The number of aromatic amines is 1. The second-order valence-corrected chi connectivity index (χ2v) is 5.82. The zero-order valence-corrected chi connectivity index (χ0v) is 11.3. The Morgan fingerprint density at radius 2 is 2.11 bits per heavy atom. The number of hydrogen-bond acceptors (Lipinski definition) is 2. The first-order valence-corrected chi connectivity index (χ1v) is 6.48. The van der Waals surface area contributed by atoms with Gasteiger partial charge in [0.1, 0.15) is 5.82 Å². The fourth-order valence-corrected chi connectivity index (χ4v) is 2.08. The summed E-state index contributed by atoms with van der Waals surface area (Å²) in [5.74, 6) is -0.306. The van der Waals surface area contributed by atoms with Crippen LogP contribution in [0.3, 0.4) is 0 Å². The molecule has 0 spiro atoms. The Labute approximate surface area is 112 Å². The van der Waals surface area contributed by atoms with Crippen LogP contribution in [0.5, 0.6) is 0 Å². The zero-order valence-electron chi connectivity index (χ0n) is 11.3. The lowest BCUT2D eigenvalue weighted by molar-refractivity contribution is 0.108. The van der Waals surface area contributed by atoms with Crippen molar-refractivity contribution in [2.45, 2.75) is 32.8 Å². The average molecular weight is 265 g/mol. The van der Waals surface area contributed by atoms with Gasteiger partial charge in [0, 0.05) is 23.7 Å². The number of benzene rings is 1. The second-order valence-electron chi connectivity index (χ2n) is 5.82. The molecule has 3 nitrogen and oxygen atoms in total. The minimum Gasteiger partial charge on any atom is -0.396 e. The van der Waals surface area contributed by atoms with Gasteiger partial charge in [0.15, 0.2) is 0 Å². The maximum atomic E-state index is 13.5. The van der Waals surface area contributed by atoms with Gasteiger partial charge in [-0.2, -0.15) is 0 Å². The number of fused-ring (bicyclic) bond motifs is 1. The van der Waals surface area contributed by atoms with E-state index in [1.165, 1.54) is 6.20 Å². The van der Waals surface area contributed by atoms with Crippen molar-refractivity contribution >= 4 is 10.9 Å². The summed E-state index contributed by atoms with van der Waals surface area (Å²) in [6, 6.07) is 5.25. The summed E-state index contributed by atoms with van der Waals surface area (Å²) in [7, 11) is 0. The van der Waals surface area contributed by atoms with Crippen molar-refractivity contribution in [3.8, 4) is 0 Å². The van der Waals surface area contributed by atoms with Gasteiger partial charge >= 0.3 is 0 Å². The minimum absolute atomic E-state index is 0.0885. The van der Waals surface area contributed by atoms with Crippen molar-refractivity contribution in [1.82, 2.24) is 4.98 Å². The normalized spacial score (nSPS) is 13.9. The molecule has 2 rings (SSSR count). The van der Waals surface area contributed by atoms with Crippen LogP contribution in [-0.4, -0.2) is 21.8 Å². The Kier molecular flexibility index (Phi) is 3.92. The van der Waals surface area contributed by atoms with Gasteiger partial charge in [-0.05, 0) is 36.0 Å². The number of aliphatic hydroxyl groups is 2. The molecule has 0 saturated carbocycles. The third-order valence-corrected chi connectivity index (χ3v) is 3.56. The molecule has 0 fully saturated rings. The number of hydrogen-bond donors (Lipinski definition) is 3. The lowest BCUT2D eigenvalue weighted by Gasteiger charge is -2.23. The van der Waals surface area contributed by atoms with Crippen molar-refractivity contribution in [1.29, 1.82) is 0 Å². The maximum Gasteiger partial charge on any atom is 0.148 e. The smallest absolute Gasteiger partial charge is 0.148 e. The maximum absolute atomic E-state index is 13.5. The quantitative estimate of drug-likeness (QED) is 0.778. The van der Waals surface area contributed by atoms with Crippen LogP contribution in [0.2, 0.25) is 0 Å². The molecule has 1 aromatic heterocycles. The van der Waals surface area contributed by atoms with Crippen molar-refractivity contribution in [2.75, 3.05) is 6.61 Å². The van der Waals surface area contributed by atoms with E-state index in [-0.39, 0.29) is 17.8 Å². The molecule has 0 amide bonds. The predicted octanol–water partition coefficient (Wildman–Crippen LogP) is 3.14. The van der Waals surface area contributed by atoms with E-state index in [4.69, 9.17) is 0 Å². The summed E-state index contributed by atoms with van der Waals surface area (Å²) in [6.07, 6.45) is 1.93. The molecule has 3 N–H and O–H groups in total. The zero-order chi connectivity index (χ0) is 14.0. The minimum atomic E-state index is -0.635. The summed E-state index contributed by atoms with van der Waals surface area (Å²) in [5, 5.41) is 19.8. The summed E-state index contributed by atoms with van der Waals surface area (Å²) < 4.78 is 13.5. The Bertz CT molecular complexity index is 562. The Balaban J connectivity index is 2.12. The van der Waals surface area contributed by atoms with Crippen molar-refractivity contribution in [2.24, 2.45) is 5.41 Å². The molecule has 19 heavy (non-hydrogen) atoms. The van der Waals surface area contributed by atoms with Crippen LogP contribution in [0.1, 0.15) is 38.4 Å². The standard InChI is InChI=1S/C15H20FNO2/c1-15(2,9-18)6-5-14(19)10-3-4-13-11(7-10)12(16)8-17-13/h3-4,7-8,14,17-19H,5-6,9H2,1-2H3/t14-/m0/s1. The van der Waals surface area contributed by atoms with Crippen LogP contribution in [0.25, 0.3) is 10.9 Å². The molecule has 0 saturated heterocycles. The Morgan fingerprint density at radius 1 is 1.37 bits per heavy atom. The summed E-state index contributed by atoms with van der Waals surface area (Å²) >= 11 is 0.